The molecule has 0 aliphatic carbocycles. The standard InChI is InChI=1S/C24H24N4O4/c1-13(2)21-26-20(32-27-21)9-10-25-22(29)16-7-8-17-18(12-16)24(31)28(23(17)30)19-11-14(3)5-6-15(19)4/h5-8,11-13H,9-10H2,1-4H3,(H,25,29). The molecule has 0 fully saturated rings. The molecule has 164 valence electrons. The van der Waals surface area contributed by atoms with E-state index in [0.29, 0.717) is 41.5 Å². The van der Waals surface area contributed by atoms with E-state index in [1.54, 1.807) is 6.07 Å². The first-order valence-electron chi connectivity index (χ1n) is 10.5. The van der Waals surface area contributed by atoms with E-state index in [1.807, 2.05) is 45.9 Å². The molecule has 0 saturated heterocycles. The molecule has 0 spiro atoms. The van der Waals surface area contributed by atoms with Gasteiger partial charge in [-0.2, -0.15) is 4.98 Å². The van der Waals surface area contributed by atoms with Crippen LogP contribution in [0.5, 0.6) is 0 Å². The van der Waals surface area contributed by atoms with Gasteiger partial charge in [0, 0.05) is 24.4 Å². The molecule has 1 aliphatic heterocycles. The summed E-state index contributed by atoms with van der Waals surface area (Å²) in [5.41, 5.74) is 3.15. The maximum Gasteiger partial charge on any atom is 0.266 e. The summed E-state index contributed by atoms with van der Waals surface area (Å²) in [5.74, 6) is 0.0802. The van der Waals surface area contributed by atoms with Crippen molar-refractivity contribution in [3.63, 3.8) is 0 Å². The van der Waals surface area contributed by atoms with Crippen molar-refractivity contribution in [3.8, 4) is 0 Å². The first-order valence-corrected chi connectivity index (χ1v) is 10.5. The number of carbonyl (C=O) groups is 3. The van der Waals surface area contributed by atoms with Crippen molar-refractivity contribution in [1.82, 2.24) is 15.5 Å². The average Bonchev–Trinajstić information content (AvgIpc) is 3.33. The van der Waals surface area contributed by atoms with Crippen LogP contribution in [0, 0.1) is 13.8 Å². The molecule has 0 unspecified atom stereocenters. The molecule has 1 aromatic heterocycles. The molecule has 0 saturated carbocycles. The normalized spacial score (nSPS) is 13.1. The first-order chi connectivity index (χ1) is 15.3. The second-order valence-electron chi connectivity index (χ2n) is 8.20. The molecule has 0 bridgehead atoms. The fraction of sp³-hybridized carbons (Fsp3) is 0.292. The van der Waals surface area contributed by atoms with Crippen LogP contribution >= 0.6 is 0 Å². The molecule has 32 heavy (non-hydrogen) atoms. The molecule has 3 amide bonds. The zero-order valence-corrected chi connectivity index (χ0v) is 18.4. The predicted octanol–water partition coefficient (Wildman–Crippen LogP) is 3.58. The topological polar surface area (TPSA) is 105 Å². The van der Waals surface area contributed by atoms with Crippen LogP contribution in [0.25, 0.3) is 0 Å². The number of anilines is 1. The van der Waals surface area contributed by atoms with Gasteiger partial charge in [-0.1, -0.05) is 31.1 Å². The highest BCUT2D eigenvalue weighted by Crippen LogP contribution is 2.31. The smallest absolute Gasteiger partial charge is 0.266 e. The van der Waals surface area contributed by atoms with Gasteiger partial charge in [-0.15, -0.1) is 0 Å². The Morgan fingerprint density at radius 3 is 2.53 bits per heavy atom. The quantitative estimate of drug-likeness (QED) is 0.597. The van der Waals surface area contributed by atoms with Crippen LogP contribution in [0.1, 0.15) is 73.7 Å². The Kier molecular flexibility index (Phi) is 5.61. The number of amides is 3. The van der Waals surface area contributed by atoms with E-state index < -0.39 is 5.91 Å². The molecule has 0 radical (unpaired) electrons. The highest BCUT2D eigenvalue weighted by Gasteiger charge is 2.37. The van der Waals surface area contributed by atoms with Crippen molar-refractivity contribution in [3.05, 3.63) is 75.9 Å². The number of hydrogen-bond donors (Lipinski definition) is 1. The number of benzene rings is 2. The lowest BCUT2D eigenvalue weighted by molar-refractivity contribution is 0.0923. The number of fused-ring (bicyclic) bond motifs is 1. The van der Waals surface area contributed by atoms with Crippen molar-refractivity contribution < 1.29 is 18.9 Å². The number of hydrogen-bond acceptors (Lipinski definition) is 6. The monoisotopic (exact) mass is 432 g/mol. The zero-order valence-electron chi connectivity index (χ0n) is 18.4. The summed E-state index contributed by atoms with van der Waals surface area (Å²) in [4.78, 5) is 44.0. The van der Waals surface area contributed by atoms with E-state index in [0.717, 1.165) is 11.1 Å². The number of nitrogens with one attached hydrogen (secondary N) is 1. The van der Waals surface area contributed by atoms with Gasteiger partial charge in [-0.25, -0.2) is 4.90 Å². The summed E-state index contributed by atoms with van der Waals surface area (Å²) in [6.45, 7) is 8.00. The fourth-order valence-corrected chi connectivity index (χ4v) is 3.55. The van der Waals surface area contributed by atoms with E-state index in [-0.39, 0.29) is 23.3 Å². The van der Waals surface area contributed by atoms with Gasteiger partial charge >= 0.3 is 0 Å². The molecular weight excluding hydrogens is 408 g/mol. The van der Waals surface area contributed by atoms with Crippen molar-refractivity contribution >= 4 is 23.4 Å². The van der Waals surface area contributed by atoms with Gasteiger partial charge in [0.1, 0.15) is 0 Å². The number of aryl methyl sites for hydroxylation is 2. The summed E-state index contributed by atoms with van der Waals surface area (Å²) < 4.78 is 5.17. The molecule has 1 aliphatic rings. The molecule has 2 aromatic carbocycles. The summed E-state index contributed by atoms with van der Waals surface area (Å²) >= 11 is 0. The Morgan fingerprint density at radius 1 is 1.06 bits per heavy atom. The Balaban J connectivity index is 1.48. The molecule has 1 N–H and O–H groups in total. The number of rotatable bonds is 6. The number of imide groups is 1. The van der Waals surface area contributed by atoms with Crippen molar-refractivity contribution in [2.75, 3.05) is 11.4 Å². The molecule has 8 heteroatoms. The largest absolute Gasteiger partial charge is 0.352 e. The van der Waals surface area contributed by atoms with Crippen molar-refractivity contribution in [1.29, 1.82) is 0 Å². The second kappa shape index (κ2) is 8.37. The van der Waals surface area contributed by atoms with Gasteiger partial charge in [-0.05, 0) is 49.2 Å². The van der Waals surface area contributed by atoms with Crippen LogP contribution < -0.4 is 10.2 Å². The number of nitrogens with zero attached hydrogens (tertiary/aromatic N) is 3. The minimum Gasteiger partial charge on any atom is -0.352 e. The van der Waals surface area contributed by atoms with Gasteiger partial charge in [0.25, 0.3) is 17.7 Å². The zero-order chi connectivity index (χ0) is 23.0. The fourth-order valence-electron chi connectivity index (χ4n) is 3.55. The van der Waals surface area contributed by atoms with Crippen molar-refractivity contribution in [2.45, 2.75) is 40.0 Å². The molecule has 3 aromatic rings. The van der Waals surface area contributed by atoms with E-state index in [1.165, 1.54) is 17.0 Å². The Bertz CT molecular complexity index is 1230. The highest BCUT2D eigenvalue weighted by atomic mass is 16.5. The first kappa shape index (κ1) is 21.4. The molecule has 8 nitrogen and oxygen atoms in total. The summed E-state index contributed by atoms with van der Waals surface area (Å²) in [6, 6.07) is 10.2. The van der Waals surface area contributed by atoms with Crippen LogP contribution in [-0.2, 0) is 6.42 Å². The minimum absolute atomic E-state index is 0.164. The van der Waals surface area contributed by atoms with E-state index in [9.17, 15) is 14.4 Å². The molecule has 2 heterocycles. The summed E-state index contributed by atoms with van der Waals surface area (Å²) in [6.07, 6.45) is 0.397. The van der Waals surface area contributed by atoms with Gasteiger partial charge in [0.15, 0.2) is 5.82 Å². The van der Waals surface area contributed by atoms with Crippen molar-refractivity contribution in [2.24, 2.45) is 0 Å². The molecule has 4 rings (SSSR count). The Morgan fingerprint density at radius 2 is 1.81 bits per heavy atom. The lowest BCUT2D eigenvalue weighted by atomic mass is 10.1. The molecule has 0 atom stereocenters. The van der Waals surface area contributed by atoms with Gasteiger partial charge in [0.05, 0.1) is 16.8 Å². The third-order valence-electron chi connectivity index (χ3n) is 5.38. The Hall–Kier alpha value is -3.81. The van der Waals surface area contributed by atoms with Crippen LogP contribution in [0.2, 0.25) is 0 Å². The summed E-state index contributed by atoms with van der Waals surface area (Å²) in [5, 5.41) is 6.68. The van der Waals surface area contributed by atoms with E-state index >= 15 is 0 Å². The van der Waals surface area contributed by atoms with E-state index in [2.05, 4.69) is 15.5 Å². The minimum atomic E-state index is -0.430. The molecular formula is C24H24N4O4. The van der Waals surface area contributed by atoms with Gasteiger partial charge in [-0.3, -0.25) is 14.4 Å². The van der Waals surface area contributed by atoms with E-state index in [4.69, 9.17) is 4.52 Å². The number of aromatic nitrogens is 2. The highest BCUT2D eigenvalue weighted by molar-refractivity contribution is 6.35. The van der Waals surface area contributed by atoms with Crippen LogP contribution in [0.4, 0.5) is 5.69 Å². The Labute approximate surface area is 185 Å². The van der Waals surface area contributed by atoms with Crippen LogP contribution in [0.15, 0.2) is 40.9 Å². The maximum atomic E-state index is 13.0. The van der Waals surface area contributed by atoms with Crippen LogP contribution in [0.3, 0.4) is 0 Å². The SMILES string of the molecule is Cc1ccc(C)c(N2C(=O)c3ccc(C(=O)NCCc4nc(C(C)C)no4)cc3C2=O)c1. The lowest BCUT2D eigenvalue weighted by Gasteiger charge is -2.17. The average molecular weight is 432 g/mol. The van der Waals surface area contributed by atoms with Gasteiger partial charge < -0.3 is 9.84 Å². The lowest BCUT2D eigenvalue weighted by Crippen LogP contribution is -2.30. The maximum absolute atomic E-state index is 13.0. The third-order valence-corrected chi connectivity index (χ3v) is 5.38. The summed E-state index contributed by atoms with van der Waals surface area (Å²) in [7, 11) is 0. The number of carbonyl (C=O) groups excluding carboxylic acids is 3. The second-order valence-corrected chi connectivity index (χ2v) is 8.20. The predicted molar refractivity (Wildman–Crippen MR) is 118 cm³/mol. The third kappa shape index (κ3) is 3.91. The van der Waals surface area contributed by atoms with Gasteiger partial charge in [0.2, 0.25) is 5.89 Å². The van der Waals surface area contributed by atoms with Crippen LogP contribution in [-0.4, -0.2) is 34.4 Å².